The molecule has 0 bridgehead atoms. The monoisotopic (exact) mass is 184 g/mol. The van der Waals surface area contributed by atoms with E-state index in [1.807, 2.05) is 19.2 Å². The maximum atomic E-state index is 5.84. The Balaban J connectivity index is 3.04. The first kappa shape index (κ1) is 9.20. The number of rotatable bonds is 2. The molecule has 1 rings (SSSR count). The lowest BCUT2D eigenvalue weighted by Crippen LogP contribution is -2.17. The number of hydrogen-bond donors (Lipinski definition) is 1. The zero-order chi connectivity index (χ0) is 9.14. The normalized spacial score (nSPS) is 9.92. The molecular formula is C9H13ClN2. The summed E-state index contributed by atoms with van der Waals surface area (Å²) in [5.74, 6) is 0. The van der Waals surface area contributed by atoms with Crippen LogP contribution in [0, 0.1) is 0 Å². The molecule has 0 saturated carbocycles. The highest BCUT2D eigenvalue weighted by atomic mass is 35.5. The lowest BCUT2D eigenvalue weighted by atomic mass is 10.2. The third kappa shape index (κ3) is 1.83. The minimum atomic E-state index is 0.722. The summed E-state index contributed by atoms with van der Waals surface area (Å²) in [6.07, 6.45) is 0. The van der Waals surface area contributed by atoms with Crippen molar-refractivity contribution in [1.82, 2.24) is 0 Å². The highest BCUT2D eigenvalue weighted by Crippen LogP contribution is 2.25. The zero-order valence-electron chi connectivity index (χ0n) is 7.34. The lowest BCUT2D eigenvalue weighted by molar-refractivity contribution is 0.970. The summed E-state index contributed by atoms with van der Waals surface area (Å²) >= 11 is 5.84. The first-order chi connectivity index (χ1) is 5.65. The Bertz CT molecular complexity index is 273. The van der Waals surface area contributed by atoms with Gasteiger partial charge in [-0.2, -0.15) is 0 Å². The van der Waals surface area contributed by atoms with Crippen LogP contribution in [0.1, 0.15) is 6.92 Å². The molecule has 2 N–H and O–H groups in total. The van der Waals surface area contributed by atoms with Gasteiger partial charge < -0.3 is 10.6 Å². The SMILES string of the molecule is CCN(C)c1cc(Cl)ccc1N. The molecule has 0 heterocycles. The summed E-state index contributed by atoms with van der Waals surface area (Å²) < 4.78 is 0. The van der Waals surface area contributed by atoms with E-state index in [1.54, 1.807) is 6.07 Å². The van der Waals surface area contributed by atoms with E-state index in [0.717, 1.165) is 22.9 Å². The van der Waals surface area contributed by atoms with E-state index < -0.39 is 0 Å². The predicted octanol–water partition coefficient (Wildman–Crippen LogP) is 2.38. The number of halogens is 1. The highest BCUT2D eigenvalue weighted by Gasteiger charge is 2.02. The molecule has 0 unspecified atom stereocenters. The fourth-order valence-electron chi connectivity index (χ4n) is 1.02. The summed E-state index contributed by atoms with van der Waals surface area (Å²) in [6, 6.07) is 5.49. The first-order valence-electron chi connectivity index (χ1n) is 3.91. The summed E-state index contributed by atoms with van der Waals surface area (Å²) in [5, 5.41) is 0.722. The van der Waals surface area contributed by atoms with Gasteiger partial charge in [-0.05, 0) is 25.1 Å². The van der Waals surface area contributed by atoms with Gasteiger partial charge in [0.15, 0.2) is 0 Å². The Morgan fingerprint density at radius 2 is 2.17 bits per heavy atom. The topological polar surface area (TPSA) is 29.3 Å². The zero-order valence-corrected chi connectivity index (χ0v) is 8.10. The number of nitrogens with zero attached hydrogens (tertiary/aromatic N) is 1. The third-order valence-electron chi connectivity index (χ3n) is 1.88. The Morgan fingerprint density at radius 3 is 2.75 bits per heavy atom. The van der Waals surface area contributed by atoms with Crippen molar-refractivity contribution >= 4 is 23.0 Å². The molecule has 0 amide bonds. The van der Waals surface area contributed by atoms with Crippen LogP contribution in [0.2, 0.25) is 5.02 Å². The van der Waals surface area contributed by atoms with E-state index in [2.05, 4.69) is 11.8 Å². The summed E-state index contributed by atoms with van der Waals surface area (Å²) in [7, 11) is 1.99. The molecule has 1 aromatic carbocycles. The minimum Gasteiger partial charge on any atom is -0.397 e. The number of anilines is 2. The van der Waals surface area contributed by atoms with Gasteiger partial charge >= 0.3 is 0 Å². The summed E-state index contributed by atoms with van der Waals surface area (Å²) in [4.78, 5) is 2.06. The van der Waals surface area contributed by atoms with E-state index >= 15 is 0 Å². The van der Waals surface area contributed by atoms with Crippen molar-refractivity contribution in [2.45, 2.75) is 6.92 Å². The van der Waals surface area contributed by atoms with Crippen LogP contribution in [0.5, 0.6) is 0 Å². The fraction of sp³-hybridized carbons (Fsp3) is 0.333. The van der Waals surface area contributed by atoms with E-state index in [0.29, 0.717) is 0 Å². The molecule has 3 heteroatoms. The first-order valence-corrected chi connectivity index (χ1v) is 4.29. The van der Waals surface area contributed by atoms with Crippen molar-refractivity contribution in [3.8, 4) is 0 Å². The molecular weight excluding hydrogens is 172 g/mol. The van der Waals surface area contributed by atoms with Gasteiger partial charge in [0.2, 0.25) is 0 Å². The van der Waals surface area contributed by atoms with Crippen LogP contribution >= 0.6 is 11.6 Å². The second-order valence-electron chi connectivity index (χ2n) is 2.72. The molecule has 0 aliphatic carbocycles. The third-order valence-corrected chi connectivity index (χ3v) is 2.11. The average molecular weight is 185 g/mol. The molecule has 1 aromatic rings. The van der Waals surface area contributed by atoms with Gasteiger partial charge in [0.05, 0.1) is 11.4 Å². The van der Waals surface area contributed by atoms with E-state index in [4.69, 9.17) is 17.3 Å². The van der Waals surface area contributed by atoms with E-state index in [-0.39, 0.29) is 0 Å². The molecule has 12 heavy (non-hydrogen) atoms. The predicted molar refractivity (Wildman–Crippen MR) is 54.8 cm³/mol. The van der Waals surface area contributed by atoms with Crippen molar-refractivity contribution in [1.29, 1.82) is 0 Å². The number of hydrogen-bond acceptors (Lipinski definition) is 2. The number of nitrogens with two attached hydrogens (primary N) is 1. The van der Waals surface area contributed by atoms with Gasteiger partial charge in [-0.3, -0.25) is 0 Å². The standard InChI is InChI=1S/C9H13ClN2/c1-3-12(2)9-6-7(10)4-5-8(9)11/h4-6H,3,11H2,1-2H3. The molecule has 0 aliphatic heterocycles. The minimum absolute atomic E-state index is 0.722. The second kappa shape index (κ2) is 3.68. The van der Waals surface area contributed by atoms with Crippen molar-refractivity contribution in [2.75, 3.05) is 24.2 Å². The van der Waals surface area contributed by atoms with Gasteiger partial charge in [-0.1, -0.05) is 11.6 Å². The molecule has 0 atom stereocenters. The molecule has 0 aromatic heterocycles. The van der Waals surface area contributed by atoms with Crippen molar-refractivity contribution in [3.05, 3.63) is 23.2 Å². The Labute approximate surface area is 77.9 Å². The molecule has 66 valence electrons. The molecule has 0 aliphatic rings. The highest BCUT2D eigenvalue weighted by molar-refractivity contribution is 6.31. The maximum absolute atomic E-state index is 5.84. The van der Waals surface area contributed by atoms with Crippen LogP contribution < -0.4 is 10.6 Å². The van der Waals surface area contributed by atoms with Gasteiger partial charge in [0.1, 0.15) is 0 Å². The van der Waals surface area contributed by atoms with Crippen LogP contribution in [0.25, 0.3) is 0 Å². The van der Waals surface area contributed by atoms with Gasteiger partial charge in [-0.25, -0.2) is 0 Å². The number of nitrogen functional groups attached to an aromatic ring is 1. The molecule has 0 radical (unpaired) electrons. The van der Waals surface area contributed by atoms with E-state index in [9.17, 15) is 0 Å². The molecule has 0 fully saturated rings. The second-order valence-corrected chi connectivity index (χ2v) is 3.15. The van der Waals surface area contributed by atoms with Crippen molar-refractivity contribution < 1.29 is 0 Å². The van der Waals surface area contributed by atoms with Gasteiger partial charge in [0.25, 0.3) is 0 Å². The lowest BCUT2D eigenvalue weighted by Gasteiger charge is -2.18. The smallest absolute Gasteiger partial charge is 0.0612 e. The fourth-order valence-corrected chi connectivity index (χ4v) is 1.18. The average Bonchev–Trinajstić information content (AvgIpc) is 2.08. The van der Waals surface area contributed by atoms with Crippen molar-refractivity contribution in [3.63, 3.8) is 0 Å². The van der Waals surface area contributed by atoms with Crippen LogP contribution in [0.3, 0.4) is 0 Å². The quantitative estimate of drug-likeness (QED) is 0.716. The Morgan fingerprint density at radius 1 is 1.50 bits per heavy atom. The Hall–Kier alpha value is -0.890. The van der Waals surface area contributed by atoms with Crippen LogP contribution in [-0.4, -0.2) is 13.6 Å². The maximum Gasteiger partial charge on any atom is 0.0612 e. The van der Waals surface area contributed by atoms with Crippen LogP contribution in [-0.2, 0) is 0 Å². The molecule has 2 nitrogen and oxygen atoms in total. The van der Waals surface area contributed by atoms with E-state index in [1.165, 1.54) is 0 Å². The number of benzene rings is 1. The molecule has 0 saturated heterocycles. The van der Waals surface area contributed by atoms with Crippen molar-refractivity contribution in [2.24, 2.45) is 0 Å². The van der Waals surface area contributed by atoms with Crippen LogP contribution in [0.4, 0.5) is 11.4 Å². The molecule has 0 spiro atoms. The van der Waals surface area contributed by atoms with Gasteiger partial charge in [0, 0.05) is 18.6 Å². The largest absolute Gasteiger partial charge is 0.397 e. The summed E-state index contributed by atoms with van der Waals surface area (Å²) in [6.45, 7) is 2.99. The summed E-state index contributed by atoms with van der Waals surface area (Å²) in [5.41, 5.74) is 7.52. The Kier molecular flexibility index (Phi) is 2.82. The van der Waals surface area contributed by atoms with Crippen LogP contribution in [0.15, 0.2) is 18.2 Å². The van der Waals surface area contributed by atoms with Gasteiger partial charge in [-0.15, -0.1) is 0 Å².